The fourth-order valence-corrected chi connectivity index (χ4v) is 4.03. The number of carbonyl (C=O) groups excluding carboxylic acids is 2. The molecule has 0 unspecified atom stereocenters. The Hall–Kier alpha value is -4.06. The third kappa shape index (κ3) is 5.38. The highest BCUT2D eigenvalue weighted by atomic mass is 16.5. The topological polar surface area (TPSA) is 84.2 Å². The minimum absolute atomic E-state index is 0.218. The van der Waals surface area contributed by atoms with Gasteiger partial charge in [-0.15, -0.1) is 0 Å². The third-order valence-electron chi connectivity index (χ3n) is 6.52. The molecule has 2 aromatic carbocycles. The van der Waals surface area contributed by atoms with Gasteiger partial charge in [0, 0.05) is 17.8 Å². The molecular weight excluding hydrogens is 442 g/mol. The molecule has 2 N–H and O–H groups in total. The zero-order chi connectivity index (χ0) is 24.9. The fourth-order valence-electron chi connectivity index (χ4n) is 4.03. The average molecular weight is 473 g/mol. The number of ether oxygens (including phenoxy) is 2. The van der Waals surface area contributed by atoms with E-state index in [9.17, 15) is 9.59 Å². The maximum atomic E-state index is 12.7. The van der Waals surface area contributed by atoms with E-state index in [2.05, 4.69) is 9.97 Å². The molecule has 0 aliphatic carbocycles. The van der Waals surface area contributed by atoms with E-state index in [1.807, 2.05) is 88.4 Å². The van der Waals surface area contributed by atoms with Gasteiger partial charge in [-0.3, -0.25) is 0 Å². The maximum absolute atomic E-state index is 12.7. The zero-order valence-corrected chi connectivity index (χ0v) is 20.5. The van der Waals surface area contributed by atoms with Crippen molar-refractivity contribution in [2.24, 2.45) is 0 Å². The lowest BCUT2D eigenvalue weighted by atomic mass is 10.1. The van der Waals surface area contributed by atoms with Crippen molar-refractivity contribution in [3.8, 4) is 0 Å². The Labute approximate surface area is 205 Å². The highest BCUT2D eigenvalue weighted by Gasteiger charge is 2.22. The first-order valence-corrected chi connectivity index (χ1v) is 11.6. The summed E-state index contributed by atoms with van der Waals surface area (Å²) in [6.07, 6.45) is 0.525. The SMILES string of the molecule is Cc1c(Cc2[15nH]c(C(=O)OCc3ccccc3)c(C)c2C)[15nH]c(C(=O)OCc2ccccc2)c1C. The van der Waals surface area contributed by atoms with Crippen LogP contribution in [0.15, 0.2) is 60.7 Å². The first-order valence-electron chi connectivity index (χ1n) is 11.6. The second kappa shape index (κ2) is 10.5. The van der Waals surface area contributed by atoms with Crippen LogP contribution < -0.4 is 0 Å². The molecule has 0 aliphatic rings. The quantitative estimate of drug-likeness (QED) is 0.314. The third-order valence-corrected chi connectivity index (χ3v) is 6.52. The lowest BCUT2D eigenvalue weighted by Crippen LogP contribution is -2.08. The van der Waals surface area contributed by atoms with E-state index in [1.54, 1.807) is 0 Å². The largest absolute Gasteiger partial charge is 0.456 e. The Kier molecular flexibility index (Phi) is 7.20. The highest BCUT2D eigenvalue weighted by molar-refractivity contribution is 5.90. The lowest BCUT2D eigenvalue weighted by Gasteiger charge is -2.04. The molecule has 4 aromatic rings. The minimum Gasteiger partial charge on any atom is -0.456 e. The van der Waals surface area contributed by atoms with Gasteiger partial charge in [-0.05, 0) is 61.1 Å². The molecule has 4 rings (SSSR count). The van der Waals surface area contributed by atoms with Crippen LogP contribution in [-0.4, -0.2) is 21.9 Å². The molecule has 0 fully saturated rings. The Morgan fingerprint density at radius 2 is 0.971 bits per heavy atom. The molecule has 35 heavy (non-hydrogen) atoms. The molecule has 0 amide bonds. The van der Waals surface area contributed by atoms with E-state index >= 15 is 0 Å². The van der Waals surface area contributed by atoms with E-state index in [-0.39, 0.29) is 25.2 Å². The normalized spacial score (nSPS) is 10.9. The Morgan fingerprint density at radius 1 is 0.600 bits per heavy atom. The number of hydrogen-bond acceptors (Lipinski definition) is 4. The van der Waals surface area contributed by atoms with Crippen LogP contribution >= 0.6 is 0 Å². The number of nitrogens with one attached hydrogen (secondary N) is 2. The molecule has 2 aromatic heterocycles. The van der Waals surface area contributed by atoms with Gasteiger partial charge in [-0.2, -0.15) is 0 Å². The number of benzene rings is 2. The van der Waals surface area contributed by atoms with Gasteiger partial charge in [-0.1, -0.05) is 60.7 Å². The highest BCUT2D eigenvalue weighted by Crippen LogP contribution is 2.25. The van der Waals surface area contributed by atoms with E-state index in [1.165, 1.54) is 0 Å². The zero-order valence-electron chi connectivity index (χ0n) is 20.5. The van der Waals surface area contributed by atoms with Crippen LogP contribution in [0.1, 0.15) is 65.7 Å². The molecule has 0 spiro atoms. The summed E-state index contributed by atoms with van der Waals surface area (Å²) in [5.74, 6) is -0.768. The van der Waals surface area contributed by atoms with Crippen LogP contribution in [0.25, 0.3) is 0 Å². The summed E-state index contributed by atoms with van der Waals surface area (Å²) in [7, 11) is 0. The molecule has 0 atom stereocenters. The van der Waals surface area contributed by atoms with E-state index in [4.69, 9.17) is 9.47 Å². The predicted molar refractivity (Wildman–Crippen MR) is 134 cm³/mol. The summed E-state index contributed by atoms with van der Waals surface area (Å²) in [5, 5.41) is 0. The minimum atomic E-state index is -0.384. The Morgan fingerprint density at radius 3 is 1.34 bits per heavy atom. The van der Waals surface area contributed by atoms with Gasteiger partial charge in [0.1, 0.15) is 24.6 Å². The summed E-state index contributed by atoms with van der Waals surface area (Å²) < 4.78 is 11.0. The molecule has 6 heteroatoms. The van der Waals surface area contributed by atoms with Gasteiger partial charge in [0.2, 0.25) is 0 Å². The molecule has 0 aliphatic heterocycles. The van der Waals surface area contributed by atoms with Crippen LogP contribution in [0.3, 0.4) is 0 Å². The number of H-pyrrole nitrogens is 2. The summed E-state index contributed by atoms with van der Waals surface area (Å²) in [6, 6.07) is 19.2. The first-order chi connectivity index (χ1) is 16.8. The summed E-state index contributed by atoms with van der Waals surface area (Å²) in [4.78, 5) is 32.0. The van der Waals surface area contributed by atoms with Crippen molar-refractivity contribution in [2.45, 2.75) is 47.3 Å². The van der Waals surface area contributed by atoms with Crippen molar-refractivity contribution in [3.63, 3.8) is 0 Å². The fraction of sp³-hybridized carbons (Fsp3) is 0.241. The van der Waals surface area contributed by atoms with Crippen LogP contribution in [0.5, 0.6) is 0 Å². The van der Waals surface area contributed by atoms with Crippen molar-refractivity contribution in [1.82, 2.24) is 9.97 Å². The number of esters is 2. The molecule has 0 saturated heterocycles. The van der Waals surface area contributed by atoms with Crippen LogP contribution in [0, 0.1) is 27.7 Å². The summed E-state index contributed by atoms with van der Waals surface area (Å²) in [6.45, 7) is 8.22. The number of hydrogen-bond donors (Lipinski definition) is 2. The molecule has 2 heterocycles. The Balaban J connectivity index is 1.47. The van der Waals surface area contributed by atoms with Crippen LogP contribution in [0.2, 0.25) is 0 Å². The monoisotopic (exact) mass is 472 g/mol. The van der Waals surface area contributed by atoms with Crippen molar-refractivity contribution in [1.29, 1.82) is 0 Å². The van der Waals surface area contributed by atoms with E-state index in [0.29, 0.717) is 17.8 Å². The average Bonchev–Trinajstić information content (AvgIpc) is 3.32. The van der Waals surface area contributed by atoms with Gasteiger partial charge >= 0.3 is 11.9 Å². The molecule has 6 nitrogen and oxygen atoms in total. The van der Waals surface area contributed by atoms with Gasteiger partial charge in [0.25, 0.3) is 0 Å². The van der Waals surface area contributed by atoms with Crippen LogP contribution in [0.4, 0.5) is 0 Å². The van der Waals surface area contributed by atoms with Crippen molar-refractivity contribution in [3.05, 3.63) is 117 Å². The predicted octanol–water partition coefficient (Wildman–Crippen LogP) is 5.88. The van der Waals surface area contributed by atoms with E-state index in [0.717, 1.165) is 44.8 Å². The molecular formula is C29H30N2O4. The molecule has 0 saturated carbocycles. The van der Waals surface area contributed by atoms with Gasteiger partial charge in [0.15, 0.2) is 0 Å². The standard InChI is InChI=1S/C29H30N2O4/c1-18-20(3)26(28(32)34-16-22-11-7-5-8-12-22)30-24(18)15-25-19(2)21(4)27(31-25)29(33)35-17-23-13-9-6-10-14-23/h5-14,30-31H,15-17H2,1-4H3/i30+1,31+1. The lowest BCUT2D eigenvalue weighted by molar-refractivity contribution is 0.0457. The van der Waals surface area contributed by atoms with E-state index < -0.39 is 0 Å². The van der Waals surface area contributed by atoms with Crippen molar-refractivity contribution in [2.75, 3.05) is 0 Å². The number of rotatable bonds is 8. The smallest absolute Gasteiger partial charge is 0.355 e. The van der Waals surface area contributed by atoms with Gasteiger partial charge in [0.05, 0.1) is 0 Å². The Bertz CT molecular complexity index is 1230. The van der Waals surface area contributed by atoms with Gasteiger partial charge < -0.3 is 19.4 Å². The molecule has 0 bridgehead atoms. The van der Waals surface area contributed by atoms with Crippen molar-refractivity contribution < 1.29 is 19.1 Å². The van der Waals surface area contributed by atoms with Crippen molar-refractivity contribution >= 4 is 11.9 Å². The van der Waals surface area contributed by atoms with Crippen LogP contribution in [-0.2, 0) is 29.1 Å². The number of carbonyl (C=O) groups is 2. The van der Waals surface area contributed by atoms with Gasteiger partial charge in [-0.25, -0.2) is 9.59 Å². The second-order valence-electron chi connectivity index (χ2n) is 8.76. The number of aromatic amines is 2. The second-order valence-corrected chi connectivity index (χ2v) is 8.76. The molecule has 0 radical (unpaired) electrons. The summed E-state index contributed by atoms with van der Waals surface area (Å²) >= 11 is 0. The molecule has 180 valence electrons. The first kappa shape index (κ1) is 24.1. The number of aromatic nitrogens is 2. The summed E-state index contributed by atoms with van der Waals surface area (Å²) in [5.41, 5.74) is 8.31. The maximum Gasteiger partial charge on any atom is 0.355 e.